The fourth-order valence-electron chi connectivity index (χ4n) is 1.56. The standard InChI is InChI=1S/C18H22O5/c1-12(2)17(20)22-14-9-7-13(11-15(14)21-6)8-10-16(19)23-18(3,4)5/h7-11H,1H2,2-6H3. The fourth-order valence-corrected chi connectivity index (χ4v) is 1.56. The van der Waals surface area contributed by atoms with E-state index in [4.69, 9.17) is 14.2 Å². The highest BCUT2D eigenvalue weighted by molar-refractivity contribution is 5.89. The van der Waals surface area contributed by atoms with E-state index >= 15 is 0 Å². The maximum absolute atomic E-state index is 11.7. The second kappa shape index (κ2) is 7.63. The summed E-state index contributed by atoms with van der Waals surface area (Å²) in [7, 11) is 1.47. The molecule has 0 aliphatic heterocycles. The Bertz CT molecular complexity index is 635. The van der Waals surface area contributed by atoms with Crippen LogP contribution in [-0.4, -0.2) is 24.6 Å². The third kappa shape index (κ3) is 6.38. The summed E-state index contributed by atoms with van der Waals surface area (Å²) in [5, 5.41) is 0. The van der Waals surface area contributed by atoms with Gasteiger partial charge in [-0.3, -0.25) is 0 Å². The molecule has 1 aromatic rings. The molecule has 0 unspecified atom stereocenters. The van der Waals surface area contributed by atoms with Crippen molar-refractivity contribution in [1.29, 1.82) is 0 Å². The van der Waals surface area contributed by atoms with Gasteiger partial charge in [0.05, 0.1) is 7.11 Å². The molecule has 0 saturated carbocycles. The number of carbonyl (C=O) groups excluding carboxylic acids is 2. The van der Waals surface area contributed by atoms with Crippen LogP contribution >= 0.6 is 0 Å². The highest BCUT2D eigenvalue weighted by atomic mass is 16.6. The van der Waals surface area contributed by atoms with Crippen LogP contribution in [0.15, 0.2) is 36.4 Å². The molecule has 0 heterocycles. The van der Waals surface area contributed by atoms with Gasteiger partial charge >= 0.3 is 11.9 Å². The number of ether oxygens (including phenoxy) is 3. The highest BCUT2D eigenvalue weighted by Gasteiger charge is 2.14. The molecule has 0 fully saturated rings. The Morgan fingerprint density at radius 3 is 2.35 bits per heavy atom. The van der Waals surface area contributed by atoms with Crippen LogP contribution < -0.4 is 9.47 Å². The lowest BCUT2D eigenvalue weighted by Crippen LogP contribution is -2.22. The van der Waals surface area contributed by atoms with Crippen molar-refractivity contribution in [3.63, 3.8) is 0 Å². The monoisotopic (exact) mass is 318 g/mol. The lowest BCUT2D eigenvalue weighted by atomic mass is 10.1. The summed E-state index contributed by atoms with van der Waals surface area (Å²) in [6.45, 7) is 10.5. The number of esters is 2. The quantitative estimate of drug-likeness (QED) is 0.472. The largest absolute Gasteiger partial charge is 0.493 e. The van der Waals surface area contributed by atoms with E-state index in [1.54, 1.807) is 52.0 Å². The maximum Gasteiger partial charge on any atom is 0.338 e. The van der Waals surface area contributed by atoms with Crippen molar-refractivity contribution in [1.82, 2.24) is 0 Å². The minimum atomic E-state index is -0.542. The number of methoxy groups -OCH3 is 1. The summed E-state index contributed by atoms with van der Waals surface area (Å²) in [4.78, 5) is 23.2. The Balaban J connectivity index is 2.89. The Hall–Kier alpha value is -2.56. The van der Waals surface area contributed by atoms with Gasteiger partial charge in [-0.2, -0.15) is 0 Å². The zero-order chi connectivity index (χ0) is 17.6. The van der Waals surface area contributed by atoms with Crippen LogP contribution in [0.3, 0.4) is 0 Å². The smallest absolute Gasteiger partial charge is 0.338 e. The SMILES string of the molecule is C=C(C)C(=O)Oc1ccc(C=CC(=O)OC(C)(C)C)cc1OC. The van der Waals surface area contributed by atoms with Crippen LogP contribution in [0.4, 0.5) is 0 Å². The van der Waals surface area contributed by atoms with Crippen LogP contribution in [0.2, 0.25) is 0 Å². The fraction of sp³-hybridized carbons (Fsp3) is 0.333. The van der Waals surface area contributed by atoms with E-state index in [0.29, 0.717) is 16.9 Å². The summed E-state index contributed by atoms with van der Waals surface area (Å²) in [6, 6.07) is 4.95. The van der Waals surface area contributed by atoms with Crippen molar-refractivity contribution in [3.05, 3.63) is 42.0 Å². The van der Waals surface area contributed by atoms with Gasteiger partial charge in [0.1, 0.15) is 5.60 Å². The molecule has 0 spiro atoms. The first-order chi connectivity index (χ1) is 10.6. The zero-order valence-electron chi connectivity index (χ0n) is 14.1. The van der Waals surface area contributed by atoms with Gasteiger partial charge in [-0.05, 0) is 51.5 Å². The summed E-state index contributed by atoms with van der Waals surface area (Å²) in [5.41, 5.74) is 0.462. The van der Waals surface area contributed by atoms with Crippen molar-refractivity contribution < 1.29 is 23.8 Å². The summed E-state index contributed by atoms with van der Waals surface area (Å²) < 4.78 is 15.5. The van der Waals surface area contributed by atoms with Gasteiger partial charge in [-0.15, -0.1) is 0 Å². The Kier molecular flexibility index (Phi) is 6.13. The highest BCUT2D eigenvalue weighted by Crippen LogP contribution is 2.29. The van der Waals surface area contributed by atoms with Crippen molar-refractivity contribution >= 4 is 18.0 Å². The van der Waals surface area contributed by atoms with Crippen molar-refractivity contribution in [2.75, 3.05) is 7.11 Å². The zero-order valence-corrected chi connectivity index (χ0v) is 14.1. The maximum atomic E-state index is 11.7. The Morgan fingerprint density at radius 2 is 1.83 bits per heavy atom. The normalized spacial score (nSPS) is 11.2. The molecule has 0 radical (unpaired) electrons. The van der Waals surface area contributed by atoms with Gasteiger partial charge in [0.15, 0.2) is 11.5 Å². The molecule has 0 aliphatic rings. The van der Waals surface area contributed by atoms with Crippen LogP contribution in [0.1, 0.15) is 33.3 Å². The molecule has 0 aliphatic carbocycles. The molecule has 0 N–H and O–H groups in total. The Morgan fingerprint density at radius 1 is 1.17 bits per heavy atom. The molecular formula is C18H22O5. The Labute approximate surface area is 136 Å². The van der Waals surface area contributed by atoms with Crippen molar-refractivity contribution in [3.8, 4) is 11.5 Å². The minimum absolute atomic E-state index is 0.287. The summed E-state index contributed by atoms with van der Waals surface area (Å²) in [5.74, 6) is -0.296. The molecule has 1 rings (SSSR count). The first-order valence-corrected chi connectivity index (χ1v) is 7.09. The average molecular weight is 318 g/mol. The van der Waals surface area contributed by atoms with E-state index in [-0.39, 0.29) is 5.75 Å². The molecule has 1 aromatic carbocycles. The molecule has 0 saturated heterocycles. The van der Waals surface area contributed by atoms with Gasteiger partial charge in [-0.25, -0.2) is 9.59 Å². The van der Waals surface area contributed by atoms with Crippen molar-refractivity contribution in [2.24, 2.45) is 0 Å². The van der Waals surface area contributed by atoms with E-state index in [0.717, 1.165) is 0 Å². The first-order valence-electron chi connectivity index (χ1n) is 7.09. The molecule has 0 amide bonds. The predicted molar refractivity (Wildman–Crippen MR) is 88.3 cm³/mol. The topological polar surface area (TPSA) is 61.8 Å². The molecule has 23 heavy (non-hydrogen) atoms. The lowest BCUT2D eigenvalue weighted by molar-refractivity contribution is -0.148. The number of hydrogen-bond acceptors (Lipinski definition) is 5. The van der Waals surface area contributed by atoms with Crippen LogP contribution in [0.25, 0.3) is 6.08 Å². The van der Waals surface area contributed by atoms with Crippen LogP contribution in [-0.2, 0) is 14.3 Å². The summed E-state index contributed by atoms with van der Waals surface area (Å²) >= 11 is 0. The van der Waals surface area contributed by atoms with Gasteiger partial charge in [0.2, 0.25) is 0 Å². The van der Waals surface area contributed by atoms with E-state index in [1.165, 1.54) is 13.2 Å². The number of hydrogen-bond donors (Lipinski definition) is 0. The molecule has 0 atom stereocenters. The molecule has 0 aromatic heterocycles. The number of benzene rings is 1. The van der Waals surface area contributed by atoms with E-state index in [1.807, 2.05) is 0 Å². The molecule has 5 nitrogen and oxygen atoms in total. The second-order valence-electron chi connectivity index (χ2n) is 5.95. The van der Waals surface area contributed by atoms with Crippen molar-refractivity contribution in [2.45, 2.75) is 33.3 Å². The van der Waals surface area contributed by atoms with Gasteiger partial charge in [0.25, 0.3) is 0 Å². The lowest BCUT2D eigenvalue weighted by Gasteiger charge is -2.17. The molecule has 5 heteroatoms. The molecular weight excluding hydrogens is 296 g/mol. The average Bonchev–Trinajstić information content (AvgIpc) is 2.44. The second-order valence-corrected chi connectivity index (χ2v) is 5.95. The summed E-state index contributed by atoms with van der Waals surface area (Å²) in [6.07, 6.45) is 2.93. The van der Waals surface area contributed by atoms with Crippen LogP contribution in [0.5, 0.6) is 11.5 Å². The van der Waals surface area contributed by atoms with Crippen LogP contribution in [0, 0.1) is 0 Å². The first kappa shape index (κ1) is 18.5. The number of rotatable bonds is 5. The number of carbonyl (C=O) groups is 2. The molecule has 0 bridgehead atoms. The van der Waals surface area contributed by atoms with Gasteiger partial charge in [0, 0.05) is 11.6 Å². The van der Waals surface area contributed by atoms with Gasteiger partial charge in [-0.1, -0.05) is 12.6 Å². The predicted octanol–water partition coefficient (Wildman–Crippen LogP) is 3.53. The van der Waals surface area contributed by atoms with Gasteiger partial charge < -0.3 is 14.2 Å². The third-order valence-electron chi connectivity index (χ3n) is 2.56. The minimum Gasteiger partial charge on any atom is -0.493 e. The molecule has 124 valence electrons. The van der Waals surface area contributed by atoms with E-state index in [2.05, 4.69) is 6.58 Å². The van der Waals surface area contributed by atoms with E-state index in [9.17, 15) is 9.59 Å². The van der Waals surface area contributed by atoms with E-state index < -0.39 is 17.5 Å². The third-order valence-corrected chi connectivity index (χ3v) is 2.56.